The molecule has 2 atom stereocenters. The summed E-state index contributed by atoms with van der Waals surface area (Å²) in [6.07, 6.45) is 5.72. The summed E-state index contributed by atoms with van der Waals surface area (Å²) in [6.45, 7) is 0. The number of pyridine rings is 1. The maximum absolute atomic E-state index is 11.9. The highest BCUT2D eigenvalue weighted by molar-refractivity contribution is 5.76. The molecule has 108 valence electrons. The van der Waals surface area contributed by atoms with E-state index in [4.69, 9.17) is 5.11 Å². The number of amides is 1. The van der Waals surface area contributed by atoms with E-state index in [9.17, 15) is 9.59 Å². The minimum atomic E-state index is -0.752. The largest absolute Gasteiger partial charge is 0.481 e. The highest BCUT2D eigenvalue weighted by Crippen LogP contribution is 2.24. The highest BCUT2D eigenvalue weighted by atomic mass is 16.4. The van der Waals surface area contributed by atoms with E-state index in [1.54, 1.807) is 6.20 Å². The van der Waals surface area contributed by atoms with Gasteiger partial charge in [0.1, 0.15) is 0 Å². The van der Waals surface area contributed by atoms with Gasteiger partial charge in [0.05, 0.1) is 5.92 Å². The number of rotatable bonds is 5. The Bertz CT molecular complexity index is 461. The SMILES string of the molecule is O=C(CCc1ccccn1)NC1CCCC(C(=O)O)C1. The second-order valence-electron chi connectivity index (χ2n) is 5.29. The number of aliphatic carboxylic acids is 1. The van der Waals surface area contributed by atoms with Gasteiger partial charge < -0.3 is 10.4 Å². The fourth-order valence-electron chi connectivity index (χ4n) is 2.63. The Morgan fingerprint density at radius 1 is 1.35 bits per heavy atom. The first-order chi connectivity index (χ1) is 9.65. The maximum atomic E-state index is 11.9. The van der Waals surface area contributed by atoms with Gasteiger partial charge in [-0.1, -0.05) is 12.5 Å². The van der Waals surface area contributed by atoms with Crippen molar-refractivity contribution in [3.63, 3.8) is 0 Å². The molecule has 1 aromatic rings. The second kappa shape index (κ2) is 7.03. The molecular formula is C15H20N2O3. The Kier molecular flexibility index (Phi) is 5.09. The molecule has 0 aromatic carbocycles. The smallest absolute Gasteiger partial charge is 0.306 e. The number of nitrogens with one attached hydrogen (secondary N) is 1. The molecule has 1 aliphatic rings. The Morgan fingerprint density at radius 2 is 2.20 bits per heavy atom. The normalized spacial score (nSPS) is 22.2. The summed E-state index contributed by atoms with van der Waals surface area (Å²) in [5.41, 5.74) is 0.898. The zero-order valence-corrected chi connectivity index (χ0v) is 11.4. The predicted octanol–water partition coefficient (Wildman–Crippen LogP) is 1.77. The lowest BCUT2D eigenvalue weighted by molar-refractivity contribution is -0.143. The lowest BCUT2D eigenvalue weighted by atomic mass is 9.86. The van der Waals surface area contributed by atoms with E-state index in [0.717, 1.165) is 25.0 Å². The molecule has 2 N–H and O–H groups in total. The molecule has 0 bridgehead atoms. The number of hydrogen-bond donors (Lipinski definition) is 2. The van der Waals surface area contributed by atoms with E-state index < -0.39 is 5.97 Å². The average molecular weight is 276 g/mol. The number of carboxylic acids is 1. The summed E-state index contributed by atoms with van der Waals surface area (Å²) in [6, 6.07) is 5.64. The van der Waals surface area contributed by atoms with Crippen LogP contribution in [0.3, 0.4) is 0 Å². The molecule has 1 fully saturated rings. The van der Waals surface area contributed by atoms with Crippen LogP contribution >= 0.6 is 0 Å². The van der Waals surface area contributed by atoms with E-state index in [0.29, 0.717) is 19.3 Å². The van der Waals surface area contributed by atoms with Crippen LogP contribution in [-0.2, 0) is 16.0 Å². The van der Waals surface area contributed by atoms with Gasteiger partial charge in [-0.2, -0.15) is 0 Å². The number of aryl methyl sites for hydroxylation is 1. The van der Waals surface area contributed by atoms with Gasteiger partial charge in [0.2, 0.25) is 5.91 Å². The summed E-state index contributed by atoms with van der Waals surface area (Å²) >= 11 is 0. The average Bonchev–Trinajstić information content (AvgIpc) is 2.46. The van der Waals surface area contributed by atoms with E-state index in [-0.39, 0.29) is 17.9 Å². The summed E-state index contributed by atoms with van der Waals surface area (Å²) in [5.74, 6) is -1.09. The molecule has 0 saturated heterocycles. The Balaban J connectivity index is 1.75. The molecule has 1 aliphatic carbocycles. The zero-order valence-electron chi connectivity index (χ0n) is 11.4. The Morgan fingerprint density at radius 3 is 2.90 bits per heavy atom. The van der Waals surface area contributed by atoms with Crippen LogP contribution in [-0.4, -0.2) is 28.0 Å². The lowest BCUT2D eigenvalue weighted by Gasteiger charge is -2.27. The van der Waals surface area contributed by atoms with Crippen LogP contribution in [0, 0.1) is 5.92 Å². The predicted molar refractivity (Wildman–Crippen MR) is 74.1 cm³/mol. The van der Waals surface area contributed by atoms with Gasteiger partial charge in [0, 0.05) is 24.4 Å². The topological polar surface area (TPSA) is 79.3 Å². The van der Waals surface area contributed by atoms with Crippen LogP contribution in [0.25, 0.3) is 0 Å². The van der Waals surface area contributed by atoms with Crippen molar-refractivity contribution in [1.29, 1.82) is 0 Å². The highest BCUT2D eigenvalue weighted by Gasteiger charge is 2.27. The Labute approximate surface area is 118 Å². The van der Waals surface area contributed by atoms with Gasteiger partial charge in [-0.15, -0.1) is 0 Å². The third-order valence-electron chi connectivity index (χ3n) is 3.72. The van der Waals surface area contributed by atoms with Crippen LogP contribution in [0.15, 0.2) is 24.4 Å². The molecule has 1 heterocycles. The van der Waals surface area contributed by atoms with Crippen molar-refractivity contribution in [2.75, 3.05) is 0 Å². The van der Waals surface area contributed by atoms with Gasteiger partial charge in [-0.3, -0.25) is 14.6 Å². The van der Waals surface area contributed by atoms with Crippen molar-refractivity contribution >= 4 is 11.9 Å². The number of carboxylic acid groups (broad SMARTS) is 1. The van der Waals surface area contributed by atoms with Crippen LogP contribution in [0.1, 0.15) is 37.8 Å². The fourth-order valence-corrected chi connectivity index (χ4v) is 2.63. The molecule has 1 saturated carbocycles. The van der Waals surface area contributed by atoms with Crippen LogP contribution in [0.5, 0.6) is 0 Å². The lowest BCUT2D eigenvalue weighted by Crippen LogP contribution is -2.40. The second-order valence-corrected chi connectivity index (χ2v) is 5.29. The number of hydrogen-bond acceptors (Lipinski definition) is 3. The van der Waals surface area contributed by atoms with Gasteiger partial charge in [0.25, 0.3) is 0 Å². The molecule has 1 amide bonds. The summed E-state index contributed by atoms with van der Waals surface area (Å²) in [4.78, 5) is 27.0. The minimum Gasteiger partial charge on any atom is -0.481 e. The standard InChI is InChI=1S/C15H20N2O3/c18-14(8-7-12-5-1-2-9-16-12)17-13-6-3-4-11(10-13)15(19)20/h1-2,5,9,11,13H,3-4,6-8,10H2,(H,17,18)(H,19,20). The third kappa shape index (κ3) is 4.33. The molecule has 1 aromatic heterocycles. The van der Waals surface area contributed by atoms with Gasteiger partial charge in [-0.05, 0) is 37.8 Å². The van der Waals surface area contributed by atoms with Crippen molar-refractivity contribution in [3.8, 4) is 0 Å². The monoisotopic (exact) mass is 276 g/mol. The number of carbonyl (C=O) groups is 2. The first kappa shape index (κ1) is 14.5. The molecule has 0 spiro atoms. The fraction of sp³-hybridized carbons (Fsp3) is 0.533. The van der Waals surface area contributed by atoms with Crippen molar-refractivity contribution in [2.45, 2.75) is 44.6 Å². The van der Waals surface area contributed by atoms with Crippen molar-refractivity contribution in [3.05, 3.63) is 30.1 Å². The van der Waals surface area contributed by atoms with Crippen molar-refractivity contribution in [1.82, 2.24) is 10.3 Å². The van der Waals surface area contributed by atoms with Gasteiger partial charge >= 0.3 is 5.97 Å². The van der Waals surface area contributed by atoms with Crippen LogP contribution in [0.2, 0.25) is 0 Å². The maximum Gasteiger partial charge on any atom is 0.306 e. The minimum absolute atomic E-state index is 0.00100. The molecule has 2 rings (SSSR count). The van der Waals surface area contributed by atoms with E-state index >= 15 is 0 Å². The molecule has 5 heteroatoms. The summed E-state index contributed by atoms with van der Waals surface area (Å²) in [5, 5.41) is 12.0. The number of carbonyl (C=O) groups excluding carboxylic acids is 1. The van der Waals surface area contributed by atoms with E-state index in [1.165, 1.54) is 0 Å². The van der Waals surface area contributed by atoms with Crippen LogP contribution in [0.4, 0.5) is 0 Å². The Hall–Kier alpha value is -1.91. The summed E-state index contributed by atoms with van der Waals surface area (Å²) in [7, 11) is 0. The molecular weight excluding hydrogens is 256 g/mol. The molecule has 2 unspecified atom stereocenters. The van der Waals surface area contributed by atoms with Gasteiger partial charge in [-0.25, -0.2) is 0 Å². The first-order valence-corrected chi connectivity index (χ1v) is 7.07. The summed E-state index contributed by atoms with van der Waals surface area (Å²) < 4.78 is 0. The quantitative estimate of drug-likeness (QED) is 0.859. The molecule has 20 heavy (non-hydrogen) atoms. The number of aromatic nitrogens is 1. The van der Waals surface area contributed by atoms with Crippen LogP contribution < -0.4 is 5.32 Å². The van der Waals surface area contributed by atoms with E-state index in [1.807, 2.05) is 18.2 Å². The van der Waals surface area contributed by atoms with Crippen molar-refractivity contribution in [2.24, 2.45) is 5.92 Å². The van der Waals surface area contributed by atoms with E-state index in [2.05, 4.69) is 10.3 Å². The molecule has 0 radical (unpaired) electrons. The first-order valence-electron chi connectivity index (χ1n) is 7.07. The van der Waals surface area contributed by atoms with Gasteiger partial charge in [0.15, 0.2) is 0 Å². The molecule has 5 nitrogen and oxygen atoms in total. The number of nitrogens with zero attached hydrogens (tertiary/aromatic N) is 1. The zero-order chi connectivity index (χ0) is 14.4. The third-order valence-corrected chi connectivity index (χ3v) is 3.72. The molecule has 0 aliphatic heterocycles. The van der Waals surface area contributed by atoms with Crippen molar-refractivity contribution < 1.29 is 14.7 Å².